The minimum Gasteiger partial charge on any atom is -0.366 e. The lowest BCUT2D eigenvalue weighted by molar-refractivity contribution is 0.318. The van der Waals surface area contributed by atoms with E-state index in [0.717, 1.165) is 11.0 Å². The van der Waals surface area contributed by atoms with Crippen LogP contribution in [0.15, 0.2) is 0 Å². The number of hydrogen-bond donors (Lipinski definition) is 1. The second-order valence-corrected chi connectivity index (χ2v) is 5.09. The second-order valence-electron chi connectivity index (χ2n) is 4.71. The predicted molar refractivity (Wildman–Crippen MR) is 60.8 cm³/mol. The third-order valence-electron chi connectivity index (χ3n) is 3.32. The zero-order chi connectivity index (χ0) is 10.2. The molecule has 2 nitrogen and oxygen atoms in total. The largest absolute Gasteiger partial charge is 0.366 e. The van der Waals surface area contributed by atoms with Crippen LogP contribution >= 0.6 is 12.2 Å². The zero-order valence-electron chi connectivity index (χ0n) is 9.22. The molecular formula is C10H20N2S. The monoisotopic (exact) mass is 200 g/mol. The number of thiocarbonyl (C=S) groups is 1. The maximum atomic E-state index is 5.19. The van der Waals surface area contributed by atoms with E-state index in [2.05, 4.69) is 38.0 Å². The van der Waals surface area contributed by atoms with Crippen molar-refractivity contribution in [1.82, 2.24) is 10.2 Å². The van der Waals surface area contributed by atoms with Crippen molar-refractivity contribution in [1.29, 1.82) is 0 Å². The van der Waals surface area contributed by atoms with E-state index in [1.807, 2.05) is 7.05 Å². The van der Waals surface area contributed by atoms with Gasteiger partial charge in [0, 0.05) is 20.1 Å². The van der Waals surface area contributed by atoms with Gasteiger partial charge in [-0.3, -0.25) is 0 Å². The minimum atomic E-state index is 0.525. The highest BCUT2D eigenvalue weighted by molar-refractivity contribution is 7.80. The summed E-state index contributed by atoms with van der Waals surface area (Å²) in [6.45, 7) is 6.90. The molecule has 0 saturated heterocycles. The molecular weight excluding hydrogens is 180 g/mol. The average molecular weight is 200 g/mol. The topological polar surface area (TPSA) is 15.3 Å². The summed E-state index contributed by atoms with van der Waals surface area (Å²) in [6, 6.07) is 0.551. The van der Waals surface area contributed by atoms with E-state index in [1.165, 1.54) is 6.42 Å². The maximum absolute atomic E-state index is 5.19. The molecule has 3 heteroatoms. The summed E-state index contributed by atoms with van der Waals surface area (Å²) in [5, 5.41) is 3.86. The SMILES string of the molecule is CNC(=S)N(C)C(C)C1CC1(C)C. The van der Waals surface area contributed by atoms with Gasteiger partial charge in [-0.2, -0.15) is 0 Å². The average Bonchev–Trinajstić information content (AvgIpc) is 2.71. The van der Waals surface area contributed by atoms with Crippen molar-refractivity contribution >= 4 is 17.3 Å². The summed E-state index contributed by atoms with van der Waals surface area (Å²) in [5.41, 5.74) is 0.525. The molecule has 0 aliphatic heterocycles. The summed E-state index contributed by atoms with van der Waals surface area (Å²) in [6.07, 6.45) is 1.32. The molecule has 1 N–H and O–H groups in total. The van der Waals surface area contributed by atoms with Crippen molar-refractivity contribution in [2.24, 2.45) is 11.3 Å². The van der Waals surface area contributed by atoms with Gasteiger partial charge in [0.25, 0.3) is 0 Å². The molecule has 0 aromatic carbocycles. The van der Waals surface area contributed by atoms with E-state index < -0.39 is 0 Å². The van der Waals surface area contributed by atoms with E-state index in [-0.39, 0.29) is 0 Å². The normalized spacial score (nSPS) is 26.4. The maximum Gasteiger partial charge on any atom is 0.168 e. The number of nitrogens with one attached hydrogen (secondary N) is 1. The summed E-state index contributed by atoms with van der Waals surface area (Å²) in [5.74, 6) is 0.795. The lowest BCUT2D eigenvalue weighted by atomic mass is 10.0. The third kappa shape index (κ3) is 2.13. The van der Waals surface area contributed by atoms with Crippen molar-refractivity contribution in [2.75, 3.05) is 14.1 Å². The molecule has 1 rings (SSSR count). The number of rotatable bonds is 2. The zero-order valence-corrected chi connectivity index (χ0v) is 10.0. The Morgan fingerprint density at radius 3 is 2.38 bits per heavy atom. The molecule has 0 spiro atoms. The standard InChI is InChI=1S/C10H20N2S/c1-7(8-6-10(8,2)3)12(5)9(13)11-4/h7-8H,6H2,1-5H3,(H,11,13). The van der Waals surface area contributed by atoms with Gasteiger partial charge in [-0.1, -0.05) is 13.8 Å². The highest BCUT2D eigenvalue weighted by Gasteiger charge is 2.49. The van der Waals surface area contributed by atoms with Crippen LogP contribution in [0, 0.1) is 11.3 Å². The van der Waals surface area contributed by atoms with Crippen LogP contribution in [0.4, 0.5) is 0 Å². The van der Waals surface area contributed by atoms with Crippen LogP contribution in [0.3, 0.4) is 0 Å². The van der Waals surface area contributed by atoms with Crippen molar-refractivity contribution in [2.45, 2.75) is 33.2 Å². The predicted octanol–water partition coefficient (Wildman–Crippen LogP) is 1.86. The summed E-state index contributed by atoms with van der Waals surface area (Å²) in [4.78, 5) is 2.16. The number of hydrogen-bond acceptors (Lipinski definition) is 1. The Morgan fingerprint density at radius 1 is 1.62 bits per heavy atom. The molecule has 76 valence electrons. The van der Waals surface area contributed by atoms with Crippen LogP contribution in [-0.2, 0) is 0 Å². The van der Waals surface area contributed by atoms with E-state index in [4.69, 9.17) is 12.2 Å². The Kier molecular flexibility index (Phi) is 2.85. The van der Waals surface area contributed by atoms with Crippen LogP contribution in [-0.4, -0.2) is 30.1 Å². The Hall–Kier alpha value is -0.310. The first-order valence-corrected chi connectivity index (χ1v) is 5.25. The smallest absolute Gasteiger partial charge is 0.168 e. The fraction of sp³-hybridized carbons (Fsp3) is 0.900. The lowest BCUT2D eigenvalue weighted by Crippen LogP contribution is -2.42. The summed E-state index contributed by atoms with van der Waals surface area (Å²) in [7, 11) is 3.95. The Labute approximate surface area is 86.7 Å². The molecule has 2 atom stereocenters. The molecule has 1 fully saturated rings. The van der Waals surface area contributed by atoms with E-state index >= 15 is 0 Å². The lowest BCUT2D eigenvalue weighted by Gasteiger charge is -2.28. The van der Waals surface area contributed by atoms with Gasteiger partial charge in [0.05, 0.1) is 0 Å². The quantitative estimate of drug-likeness (QED) is 0.685. The van der Waals surface area contributed by atoms with Crippen molar-refractivity contribution in [3.63, 3.8) is 0 Å². The molecule has 0 bridgehead atoms. The highest BCUT2D eigenvalue weighted by Crippen LogP contribution is 2.54. The first-order chi connectivity index (χ1) is 5.90. The van der Waals surface area contributed by atoms with Crippen molar-refractivity contribution in [3.05, 3.63) is 0 Å². The van der Waals surface area contributed by atoms with Gasteiger partial charge in [0.2, 0.25) is 0 Å². The van der Waals surface area contributed by atoms with Gasteiger partial charge in [-0.25, -0.2) is 0 Å². The first kappa shape index (κ1) is 10.8. The third-order valence-corrected chi connectivity index (χ3v) is 3.81. The van der Waals surface area contributed by atoms with E-state index in [9.17, 15) is 0 Å². The van der Waals surface area contributed by atoms with Crippen molar-refractivity contribution in [3.8, 4) is 0 Å². The van der Waals surface area contributed by atoms with E-state index in [0.29, 0.717) is 11.5 Å². The highest BCUT2D eigenvalue weighted by atomic mass is 32.1. The van der Waals surface area contributed by atoms with Crippen LogP contribution in [0.25, 0.3) is 0 Å². The first-order valence-electron chi connectivity index (χ1n) is 4.84. The van der Waals surface area contributed by atoms with Crippen LogP contribution in [0.2, 0.25) is 0 Å². The van der Waals surface area contributed by atoms with Crippen LogP contribution in [0.1, 0.15) is 27.2 Å². The van der Waals surface area contributed by atoms with Gasteiger partial charge in [-0.15, -0.1) is 0 Å². The molecule has 0 heterocycles. The van der Waals surface area contributed by atoms with E-state index in [1.54, 1.807) is 0 Å². The Bertz CT molecular complexity index is 213. The van der Waals surface area contributed by atoms with Crippen molar-refractivity contribution < 1.29 is 0 Å². The Morgan fingerprint density at radius 2 is 2.08 bits per heavy atom. The van der Waals surface area contributed by atoms with Gasteiger partial charge < -0.3 is 10.2 Å². The van der Waals surface area contributed by atoms with Gasteiger partial charge in [-0.05, 0) is 36.9 Å². The molecule has 0 radical (unpaired) electrons. The molecule has 0 amide bonds. The summed E-state index contributed by atoms with van der Waals surface area (Å²) < 4.78 is 0. The molecule has 1 saturated carbocycles. The van der Waals surface area contributed by atoms with Gasteiger partial charge in [0.15, 0.2) is 5.11 Å². The molecule has 1 aliphatic carbocycles. The van der Waals surface area contributed by atoms with Crippen LogP contribution in [0.5, 0.6) is 0 Å². The molecule has 1 aliphatic rings. The molecule has 0 aromatic rings. The minimum absolute atomic E-state index is 0.525. The Balaban J connectivity index is 2.49. The van der Waals surface area contributed by atoms with Gasteiger partial charge in [0.1, 0.15) is 0 Å². The molecule has 0 aromatic heterocycles. The summed E-state index contributed by atoms with van der Waals surface area (Å²) >= 11 is 5.19. The fourth-order valence-corrected chi connectivity index (χ4v) is 2.13. The second kappa shape index (κ2) is 3.45. The fourth-order valence-electron chi connectivity index (χ4n) is 1.96. The molecule has 13 heavy (non-hydrogen) atoms. The van der Waals surface area contributed by atoms with Gasteiger partial charge >= 0.3 is 0 Å². The number of nitrogens with zero attached hydrogens (tertiary/aromatic N) is 1. The van der Waals surface area contributed by atoms with Crippen LogP contribution < -0.4 is 5.32 Å². The molecule has 2 unspecified atom stereocenters.